The van der Waals surface area contributed by atoms with Gasteiger partial charge in [-0.3, -0.25) is 4.98 Å². The molecule has 1 N–H and O–H groups in total. The van der Waals surface area contributed by atoms with Gasteiger partial charge in [-0.15, -0.1) is 0 Å². The Balaban J connectivity index is 1.73. The monoisotopic (exact) mass is 425 g/mol. The largest absolute Gasteiger partial charge is 0.459 e. The molecule has 1 aromatic carbocycles. The fourth-order valence-corrected chi connectivity index (χ4v) is 4.30. The summed E-state index contributed by atoms with van der Waals surface area (Å²) in [6.45, 7) is 5.12. The molecule has 6 heteroatoms. The lowest BCUT2D eigenvalue weighted by atomic mass is 10.0. The fourth-order valence-electron chi connectivity index (χ4n) is 3.80. The number of hydrogen-bond donors (Lipinski definition) is 1. The number of aromatic nitrogens is 1. The molecular weight excluding hydrogens is 402 g/mol. The minimum absolute atomic E-state index is 0.0443. The number of nitrogens with one attached hydrogen (secondary N) is 1. The van der Waals surface area contributed by atoms with Crippen molar-refractivity contribution in [1.29, 1.82) is 0 Å². The lowest BCUT2D eigenvalue weighted by molar-refractivity contribution is 0.271. The van der Waals surface area contributed by atoms with Gasteiger partial charge in [0.05, 0.1) is 11.7 Å². The maximum Gasteiger partial charge on any atom is 0.170 e. The summed E-state index contributed by atoms with van der Waals surface area (Å²) in [5.74, 6) is 1.69. The third-order valence-electron chi connectivity index (χ3n) is 5.33. The first-order valence-corrected chi connectivity index (χ1v) is 10.7. The highest BCUT2D eigenvalue weighted by Crippen LogP contribution is 2.41. The second kappa shape index (κ2) is 8.56. The van der Waals surface area contributed by atoms with E-state index in [0.717, 1.165) is 52.8 Å². The molecule has 4 rings (SSSR count). The average molecular weight is 426 g/mol. The third-order valence-corrected chi connectivity index (χ3v) is 5.92. The zero-order chi connectivity index (χ0) is 20.4. The van der Waals surface area contributed by atoms with Gasteiger partial charge < -0.3 is 14.6 Å². The molecule has 0 aliphatic carbocycles. The van der Waals surface area contributed by atoms with Gasteiger partial charge in [0.25, 0.3) is 0 Å². The van der Waals surface area contributed by atoms with E-state index in [0.29, 0.717) is 5.02 Å². The van der Waals surface area contributed by atoms with Crippen molar-refractivity contribution in [1.82, 2.24) is 15.2 Å². The number of nitrogens with zero attached hydrogens (tertiary/aromatic N) is 2. The lowest BCUT2D eigenvalue weighted by Gasteiger charge is -2.25. The minimum Gasteiger partial charge on any atom is -0.459 e. The van der Waals surface area contributed by atoms with Crippen LogP contribution < -0.4 is 5.32 Å². The molecule has 0 amide bonds. The number of aryl methyl sites for hydroxylation is 1. The van der Waals surface area contributed by atoms with Crippen LogP contribution in [0.1, 0.15) is 48.9 Å². The second-order valence-electron chi connectivity index (χ2n) is 7.33. The number of thiocarbonyl (C=S) groups is 1. The van der Waals surface area contributed by atoms with Gasteiger partial charge in [0, 0.05) is 23.3 Å². The molecule has 3 heterocycles. The molecule has 2 atom stereocenters. The first-order chi connectivity index (χ1) is 14.1. The number of halogens is 1. The van der Waals surface area contributed by atoms with Crippen LogP contribution in [0.3, 0.4) is 0 Å². The van der Waals surface area contributed by atoms with E-state index in [2.05, 4.69) is 29.0 Å². The van der Waals surface area contributed by atoms with E-state index < -0.39 is 0 Å². The number of benzene rings is 1. The van der Waals surface area contributed by atoms with Crippen molar-refractivity contribution in [2.75, 3.05) is 6.54 Å². The first-order valence-electron chi connectivity index (χ1n) is 9.93. The van der Waals surface area contributed by atoms with Crippen molar-refractivity contribution >= 4 is 28.9 Å². The maximum atomic E-state index is 6.37. The van der Waals surface area contributed by atoms with E-state index in [9.17, 15) is 0 Å². The Morgan fingerprint density at radius 2 is 2.07 bits per heavy atom. The highest BCUT2D eigenvalue weighted by Gasteiger charge is 2.41. The van der Waals surface area contributed by atoms with Crippen molar-refractivity contribution in [3.63, 3.8) is 0 Å². The Morgan fingerprint density at radius 1 is 1.21 bits per heavy atom. The van der Waals surface area contributed by atoms with Gasteiger partial charge in [0.1, 0.15) is 17.6 Å². The lowest BCUT2D eigenvalue weighted by Crippen LogP contribution is -2.30. The molecule has 29 heavy (non-hydrogen) atoms. The quantitative estimate of drug-likeness (QED) is 0.485. The van der Waals surface area contributed by atoms with Gasteiger partial charge in [0.2, 0.25) is 0 Å². The summed E-state index contributed by atoms with van der Waals surface area (Å²) in [7, 11) is 0. The topological polar surface area (TPSA) is 41.3 Å². The van der Waals surface area contributed by atoms with Gasteiger partial charge in [-0.2, -0.15) is 0 Å². The summed E-state index contributed by atoms with van der Waals surface area (Å²) in [5.41, 5.74) is 3.09. The Labute approximate surface area is 181 Å². The molecule has 0 spiro atoms. The van der Waals surface area contributed by atoms with Gasteiger partial charge in [-0.25, -0.2) is 0 Å². The first kappa shape index (κ1) is 19.9. The van der Waals surface area contributed by atoms with Gasteiger partial charge in [-0.05, 0) is 67.5 Å². The van der Waals surface area contributed by atoms with E-state index in [4.69, 9.17) is 28.2 Å². The van der Waals surface area contributed by atoms with Crippen LogP contribution in [-0.4, -0.2) is 21.5 Å². The van der Waals surface area contributed by atoms with E-state index in [1.165, 1.54) is 0 Å². The summed E-state index contributed by atoms with van der Waals surface area (Å²) in [5, 5.41) is 4.90. The minimum atomic E-state index is -0.0555. The molecule has 150 valence electrons. The SMILES string of the molecule is CCCCN1C(=S)N[C@H](c2ccccn2)[C@H]1c1ccc(-c2cc(Cl)ccc2C)o1. The molecule has 4 nitrogen and oxygen atoms in total. The van der Waals surface area contributed by atoms with Crippen LogP contribution in [0.2, 0.25) is 5.02 Å². The molecule has 0 saturated carbocycles. The molecule has 1 saturated heterocycles. The van der Waals surface area contributed by atoms with E-state index in [-0.39, 0.29) is 12.1 Å². The fraction of sp³-hybridized carbons (Fsp3) is 0.304. The predicted octanol–water partition coefficient (Wildman–Crippen LogP) is 6.08. The van der Waals surface area contributed by atoms with Crippen LogP contribution in [0.15, 0.2) is 59.1 Å². The van der Waals surface area contributed by atoms with E-state index in [1.54, 1.807) is 0 Å². The molecule has 0 bridgehead atoms. The number of rotatable bonds is 6. The van der Waals surface area contributed by atoms with Crippen LogP contribution in [0.25, 0.3) is 11.3 Å². The summed E-state index contributed by atoms with van der Waals surface area (Å²) in [6, 6.07) is 15.8. The van der Waals surface area contributed by atoms with Crippen LogP contribution in [0, 0.1) is 6.92 Å². The van der Waals surface area contributed by atoms with Gasteiger partial charge in [0.15, 0.2) is 5.11 Å². The molecule has 1 fully saturated rings. The second-order valence-corrected chi connectivity index (χ2v) is 8.16. The van der Waals surface area contributed by atoms with Crippen LogP contribution >= 0.6 is 23.8 Å². The molecule has 0 radical (unpaired) electrons. The van der Waals surface area contributed by atoms with Crippen LogP contribution in [0.5, 0.6) is 0 Å². The molecule has 1 aliphatic heterocycles. The zero-order valence-corrected chi connectivity index (χ0v) is 18.1. The normalized spacial score (nSPS) is 18.9. The number of pyridine rings is 1. The molecule has 1 aliphatic rings. The van der Waals surface area contributed by atoms with Crippen molar-refractivity contribution in [3.05, 3.63) is 76.8 Å². The third kappa shape index (κ3) is 4.02. The van der Waals surface area contributed by atoms with Crippen molar-refractivity contribution in [3.8, 4) is 11.3 Å². The molecule has 0 unspecified atom stereocenters. The Bertz CT molecular complexity index is 1000. The van der Waals surface area contributed by atoms with E-state index in [1.807, 2.05) is 54.7 Å². The number of furan rings is 1. The Hall–Kier alpha value is -2.37. The van der Waals surface area contributed by atoms with Crippen molar-refractivity contribution in [2.45, 2.75) is 38.8 Å². The summed E-state index contributed by atoms with van der Waals surface area (Å²) >= 11 is 11.9. The van der Waals surface area contributed by atoms with Gasteiger partial charge in [-0.1, -0.05) is 37.1 Å². The summed E-state index contributed by atoms with van der Waals surface area (Å²) < 4.78 is 6.37. The average Bonchev–Trinajstić information content (AvgIpc) is 3.33. The van der Waals surface area contributed by atoms with Crippen molar-refractivity contribution in [2.24, 2.45) is 0 Å². The Kier molecular flexibility index (Phi) is 5.88. The van der Waals surface area contributed by atoms with Crippen LogP contribution in [0.4, 0.5) is 0 Å². The molecule has 2 aromatic heterocycles. The maximum absolute atomic E-state index is 6.37. The van der Waals surface area contributed by atoms with Crippen molar-refractivity contribution < 1.29 is 4.42 Å². The number of hydrogen-bond acceptors (Lipinski definition) is 3. The zero-order valence-electron chi connectivity index (χ0n) is 16.6. The molecular formula is C23H24ClN3OS. The molecule has 3 aromatic rings. The smallest absolute Gasteiger partial charge is 0.170 e. The van der Waals surface area contributed by atoms with Crippen LogP contribution in [-0.2, 0) is 0 Å². The Morgan fingerprint density at radius 3 is 2.83 bits per heavy atom. The predicted molar refractivity (Wildman–Crippen MR) is 121 cm³/mol. The summed E-state index contributed by atoms with van der Waals surface area (Å²) in [4.78, 5) is 6.80. The van der Waals surface area contributed by atoms with E-state index >= 15 is 0 Å². The number of unbranched alkanes of at least 4 members (excludes halogenated alkanes) is 1. The van der Waals surface area contributed by atoms with Gasteiger partial charge >= 0.3 is 0 Å². The standard InChI is InChI=1S/C23H24ClN3OS/c1-3-4-13-27-22(21(26-23(27)29)18-7-5-6-12-25-18)20-11-10-19(28-20)17-14-16(24)9-8-15(17)2/h5-12,14,21-22H,3-4,13H2,1-2H3,(H,26,29)/t21-,22-/m1/s1. The highest BCUT2D eigenvalue weighted by molar-refractivity contribution is 7.80. The highest BCUT2D eigenvalue weighted by atomic mass is 35.5. The summed E-state index contributed by atoms with van der Waals surface area (Å²) in [6.07, 6.45) is 3.98.